The van der Waals surface area contributed by atoms with E-state index in [1.54, 1.807) is 0 Å². The summed E-state index contributed by atoms with van der Waals surface area (Å²) >= 11 is 0. The lowest BCUT2D eigenvalue weighted by Crippen LogP contribution is -2.37. The van der Waals surface area contributed by atoms with E-state index in [1.807, 2.05) is 0 Å². The van der Waals surface area contributed by atoms with Crippen LogP contribution in [0.4, 0.5) is 0 Å². The zero-order valence-electron chi connectivity index (χ0n) is 16.9. The average Bonchev–Trinajstić information content (AvgIpc) is 2.53. The van der Waals surface area contributed by atoms with Crippen molar-refractivity contribution in [2.24, 2.45) is 5.92 Å². The molecule has 1 aliphatic heterocycles. The highest BCUT2D eigenvalue weighted by atomic mass is 28.4. The average molecular weight is 413 g/mol. The molecule has 0 aliphatic carbocycles. The van der Waals surface area contributed by atoms with E-state index in [0.717, 1.165) is 0 Å². The van der Waals surface area contributed by atoms with Gasteiger partial charge in [0.25, 0.3) is 30.0 Å². The van der Waals surface area contributed by atoms with Crippen molar-refractivity contribution in [3.05, 3.63) is 38.6 Å². The van der Waals surface area contributed by atoms with E-state index in [9.17, 15) is 0 Å². The second kappa shape index (κ2) is 9.04. The van der Waals surface area contributed by atoms with Crippen molar-refractivity contribution < 1.29 is 16.5 Å². The highest BCUT2D eigenvalue weighted by Crippen LogP contribution is 2.35. The van der Waals surface area contributed by atoms with E-state index in [0.29, 0.717) is 5.92 Å². The van der Waals surface area contributed by atoms with E-state index in [-0.39, 0.29) is 0 Å². The standard InChI is InChI=1S/C17H32O4Si4/c1-9(2)17(25-20-23-18-22-19-24-21-25)15(8)16-13(6)11(4)10(3)12(5)14(16)7/h9,25H,22-24H2,1-8H3. The first kappa shape index (κ1) is 21.0. The largest absolute Gasteiger partial charge is 0.425 e. The second-order valence-electron chi connectivity index (χ2n) is 7.16. The zero-order chi connectivity index (χ0) is 18.7. The predicted molar refractivity (Wildman–Crippen MR) is 115 cm³/mol. The number of rotatable bonds is 3. The summed E-state index contributed by atoms with van der Waals surface area (Å²) < 4.78 is 23.6. The molecule has 25 heavy (non-hydrogen) atoms. The number of hydrogen-bond acceptors (Lipinski definition) is 4. The molecule has 140 valence electrons. The van der Waals surface area contributed by atoms with Crippen LogP contribution < -0.4 is 0 Å². The highest BCUT2D eigenvalue weighted by molar-refractivity contribution is 6.66. The van der Waals surface area contributed by atoms with Gasteiger partial charge in [-0.2, -0.15) is 0 Å². The van der Waals surface area contributed by atoms with Crippen molar-refractivity contribution >= 4 is 44.9 Å². The van der Waals surface area contributed by atoms with Crippen LogP contribution in [0, 0.1) is 40.5 Å². The molecule has 1 heterocycles. The number of allylic oxidation sites excluding steroid dienone is 2. The normalized spacial score (nSPS) is 23.2. The molecule has 0 saturated carbocycles. The maximum absolute atomic E-state index is 6.18. The summed E-state index contributed by atoms with van der Waals surface area (Å²) in [5.74, 6) is 0.400. The van der Waals surface area contributed by atoms with Gasteiger partial charge in [0.2, 0.25) is 0 Å². The summed E-state index contributed by atoms with van der Waals surface area (Å²) in [6, 6.07) is 0. The van der Waals surface area contributed by atoms with E-state index in [2.05, 4.69) is 55.4 Å². The maximum Gasteiger partial charge on any atom is 0.333 e. The lowest BCUT2D eigenvalue weighted by Gasteiger charge is -2.28. The van der Waals surface area contributed by atoms with Crippen LogP contribution in [0.5, 0.6) is 0 Å². The number of hydrogen-bond donors (Lipinski definition) is 0. The third-order valence-corrected chi connectivity index (χ3v) is 13.2. The second-order valence-corrected chi connectivity index (χ2v) is 15.1. The van der Waals surface area contributed by atoms with Crippen LogP contribution in [-0.2, 0) is 16.5 Å². The van der Waals surface area contributed by atoms with Crippen molar-refractivity contribution in [2.75, 3.05) is 0 Å². The third kappa shape index (κ3) is 4.50. The molecular weight excluding hydrogens is 381 g/mol. The van der Waals surface area contributed by atoms with Crippen molar-refractivity contribution in [3.8, 4) is 0 Å². The van der Waals surface area contributed by atoms with Gasteiger partial charge in [-0.3, -0.25) is 0 Å². The Hall–Kier alpha value is -0.332. The Morgan fingerprint density at radius 3 is 1.64 bits per heavy atom. The molecule has 2 rings (SSSR count). The van der Waals surface area contributed by atoms with Gasteiger partial charge in [-0.05, 0) is 91.6 Å². The summed E-state index contributed by atoms with van der Waals surface area (Å²) in [7, 11) is -4.67. The van der Waals surface area contributed by atoms with E-state index >= 15 is 0 Å². The fourth-order valence-electron chi connectivity index (χ4n) is 3.66. The van der Waals surface area contributed by atoms with Crippen molar-refractivity contribution in [1.82, 2.24) is 0 Å². The third-order valence-electron chi connectivity index (χ3n) is 5.46. The first-order chi connectivity index (χ1) is 11.8. The van der Waals surface area contributed by atoms with E-state index < -0.39 is 39.3 Å². The quantitative estimate of drug-likeness (QED) is 0.705. The van der Waals surface area contributed by atoms with Gasteiger partial charge in [0.15, 0.2) is 0 Å². The van der Waals surface area contributed by atoms with Crippen LogP contribution in [0.15, 0.2) is 5.20 Å². The fraction of sp³-hybridized carbons (Fsp3) is 0.529. The molecule has 0 atom stereocenters. The molecule has 0 N–H and O–H groups in total. The van der Waals surface area contributed by atoms with Crippen LogP contribution in [0.25, 0.3) is 5.57 Å². The summed E-state index contributed by atoms with van der Waals surface area (Å²) in [6.07, 6.45) is 0. The molecule has 1 aromatic carbocycles. The van der Waals surface area contributed by atoms with E-state index in [4.69, 9.17) is 16.5 Å². The van der Waals surface area contributed by atoms with Crippen LogP contribution in [0.2, 0.25) is 0 Å². The molecule has 0 amide bonds. The van der Waals surface area contributed by atoms with Crippen LogP contribution in [-0.4, -0.2) is 39.3 Å². The summed E-state index contributed by atoms with van der Waals surface area (Å²) in [6.45, 7) is 17.9. The monoisotopic (exact) mass is 412 g/mol. The van der Waals surface area contributed by atoms with Crippen molar-refractivity contribution in [1.29, 1.82) is 0 Å². The van der Waals surface area contributed by atoms with Gasteiger partial charge in [-0.25, -0.2) is 0 Å². The van der Waals surface area contributed by atoms with Gasteiger partial charge in [-0.1, -0.05) is 13.8 Å². The predicted octanol–water partition coefficient (Wildman–Crippen LogP) is 1.49. The zero-order valence-corrected chi connectivity index (χ0v) is 22.3. The van der Waals surface area contributed by atoms with Gasteiger partial charge in [0, 0.05) is 0 Å². The van der Waals surface area contributed by atoms with Gasteiger partial charge < -0.3 is 16.5 Å². The minimum atomic E-state index is -1.91. The molecule has 1 aliphatic rings. The first-order valence-electron chi connectivity index (χ1n) is 8.94. The Morgan fingerprint density at radius 2 is 1.20 bits per heavy atom. The fourth-order valence-corrected chi connectivity index (χ4v) is 13.0. The Kier molecular flexibility index (Phi) is 7.59. The summed E-state index contributed by atoms with van der Waals surface area (Å²) in [5, 5.41) is 1.37. The molecule has 0 unspecified atom stereocenters. The smallest absolute Gasteiger partial charge is 0.333 e. The van der Waals surface area contributed by atoms with Crippen molar-refractivity contribution in [2.45, 2.75) is 55.4 Å². The molecule has 0 radical (unpaired) electrons. The first-order valence-corrected chi connectivity index (χ1v) is 13.9. The molecule has 4 nitrogen and oxygen atoms in total. The van der Waals surface area contributed by atoms with Gasteiger partial charge in [-0.15, -0.1) is 0 Å². The Balaban J connectivity index is 2.60. The lowest BCUT2D eigenvalue weighted by molar-refractivity contribution is 0.332. The molecule has 1 aromatic rings. The minimum absolute atomic E-state index is 0.400. The Morgan fingerprint density at radius 1 is 0.760 bits per heavy atom. The van der Waals surface area contributed by atoms with Gasteiger partial charge in [0.1, 0.15) is 0 Å². The van der Waals surface area contributed by atoms with Crippen LogP contribution >= 0.6 is 0 Å². The molecule has 8 heteroatoms. The van der Waals surface area contributed by atoms with Gasteiger partial charge >= 0.3 is 9.28 Å². The minimum Gasteiger partial charge on any atom is -0.425 e. The Labute approximate surface area is 161 Å². The van der Waals surface area contributed by atoms with Crippen molar-refractivity contribution in [3.63, 3.8) is 0 Å². The van der Waals surface area contributed by atoms with Gasteiger partial charge in [0.05, 0.1) is 0 Å². The number of benzene rings is 1. The lowest BCUT2D eigenvalue weighted by atomic mass is 9.86. The summed E-state index contributed by atoms with van der Waals surface area (Å²) in [5.41, 5.74) is 9.67. The summed E-state index contributed by atoms with van der Waals surface area (Å²) in [4.78, 5) is 0. The SMILES string of the molecule is CC(=C(C(C)C)[SiH]1O[SiH2]O[SiH2]O[SiH2]O1)c1c(C)c(C)c(C)c(C)c1C. The molecule has 1 fully saturated rings. The Bertz CT molecular complexity index is 636. The van der Waals surface area contributed by atoms with Crippen LogP contribution in [0.3, 0.4) is 0 Å². The topological polar surface area (TPSA) is 36.9 Å². The van der Waals surface area contributed by atoms with Crippen LogP contribution in [0.1, 0.15) is 54.2 Å². The highest BCUT2D eigenvalue weighted by Gasteiger charge is 2.27. The molecule has 0 aromatic heterocycles. The molecule has 0 bridgehead atoms. The molecular formula is C17H32O4Si4. The maximum atomic E-state index is 6.18. The molecule has 1 saturated heterocycles. The molecule has 0 spiro atoms. The van der Waals surface area contributed by atoms with E-state index in [1.165, 1.54) is 44.2 Å².